The second-order valence-corrected chi connectivity index (χ2v) is 6.02. The number of ether oxygens (including phenoxy) is 1. The topological polar surface area (TPSA) is 69.4 Å². The molecule has 0 aliphatic rings. The molecule has 6 heteroatoms. The minimum absolute atomic E-state index is 0.0416. The Morgan fingerprint density at radius 3 is 2.15 bits per heavy atom. The molecule has 20 heavy (non-hydrogen) atoms. The number of rotatable bonds is 3. The molecule has 2 rings (SSSR count). The van der Waals surface area contributed by atoms with Crippen molar-refractivity contribution in [2.24, 2.45) is 5.14 Å². The summed E-state index contributed by atoms with van der Waals surface area (Å²) in [6.07, 6.45) is 0. The van der Waals surface area contributed by atoms with Crippen molar-refractivity contribution in [3.8, 4) is 11.5 Å². The van der Waals surface area contributed by atoms with Gasteiger partial charge in [-0.15, -0.1) is 0 Å². The van der Waals surface area contributed by atoms with E-state index in [1.165, 1.54) is 24.3 Å². The van der Waals surface area contributed by atoms with Crippen LogP contribution in [0.2, 0.25) is 0 Å². The minimum Gasteiger partial charge on any atom is -0.457 e. The van der Waals surface area contributed by atoms with Crippen molar-refractivity contribution in [3.05, 3.63) is 53.3 Å². The number of primary sulfonamides is 1. The summed E-state index contributed by atoms with van der Waals surface area (Å²) in [5.41, 5.74) is 0.996. The van der Waals surface area contributed by atoms with Crippen LogP contribution in [0.15, 0.2) is 41.3 Å². The molecule has 2 aromatic carbocycles. The van der Waals surface area contributed by atoms with Crippen LogP contribution in [-0.4, -0.2) is 8.42 Å². The first-order valence-corrected chi connectivity index (χ1v) is 7.39. The van der Waals surface area contributed by atoms with E-state index in [2.05, 4.69) is 0 Å². The molecule has 0 aliphatic heterocycles. The maximum atomic E-state index is 13.4. The number of hydrogen-bond acceptors (Lipinski definition) is 3. The molecule has 0 spiro atoms. The van der Waals surface area contributed by atoms with Crippen LogP contribution in [0, 0.1) is 19.7 Å². The van der Waals surface area contributed by atoms with Crippen LogP contribution in [0.25, 0.3) is 0 Å². The zero-order valence-electron chi connectivity index (χ0n) is 11.1. The van der Waals surface area contributed by atoms with E-state index in [0.29, 0.717) is 22.6 Å². The van der Waals surface area contributed by atoms with E-state index in [1.54, 1.807) is 26.0 Å². The molecule has 4 nitrogen and oxygen atoms in total. The van der Waals surface area contributed by atoms with Crippen molar-refractivity contribution >= 4 is 10.0 Å². The molecule has 0 saturated carbocycles. The summed E-state index contributed by atoms with van der Waals surface area (Å²) in [5, 5.41) is 5.08. The van der Waals surface area contributed by atoms with Gasteiger partial charge in [0.15, 0.2) is 0 Å². The second kappa shape index (κ2) is 5.22. The molecule has 0 saturated heterocycles. The van der Waals surface area contributed by atoms with Gasteiger partial charge in [0.2, 0.25) is 10.0 Å². The number of benzene rings is 2. The fraction of sp³-hybridized carbons (Fsp3) is 0.143. The van der Waals surface area contributed by atoms with Crippen molar-refractivity contribution in [2.75, 3.05) is 0 Å². The van der Waals surface area contributed by atoms with Crippen molar-refractivity contribution < 1.29 is 17.5 Å². The molecular weight excluding hydrogens is 281 g/mol. The summed E-state index contributed by atoms with van der Waals surface area (Å²) in [4.78, 5) is 0.0416. The smallest absolute Gasteiger partial charge is 0.238 e. The molecule has 0 aliphatic carbocycles. The summed E-state index contributed by atoms with van der Waals surface area (Å²) < 4.78 is 41.5. The molecule has 2 aromatic rings. The van der Waals surface area contributed by atoms with Gasteiger partial charge in [-0.05, 0) is 49.2 Å². The highest BCUT2D eigenvalue weighted by molar-refractivity contribution is 7.89. The quantitative estimate of drug-likeness (QED) is 0.946. The highest BCUT2D eigenvalue weighted by Crippen LogP contribution is 2.26. The predicted octanol–water partition coefficient (Wildman–Crippen LogP) is 2.88. The lowest BCUT2D eigenvalue weighted by atomic mass is 10.2. The normalized spacial score (nSPS) is 11.4. The monoisotopic (exact) mass is 295 g/mol. The van der Waals surface area contributed by atoms with E-state index in [-0.39, 0.29) is 10.7 Å². The largest absolute Gasteiger partial charge is 0.457 e. The van der Waals surface area contributed by atoms with Gasteiger partial charge < -0.3 is 4.74 Å². The van der Waals surface area contributed by atoms with E-state index >= 15 is 0 Å². The van der Waals surface area contributed by atoms with Crippen LogP contribution in [0.3, 0.4) is 0 Å². The Labute approximate surface area is 117 Å². The van der Waals surface area contributed by atoms with Crippen molar-refractivity contribution in [1.29, 1.82) is 0 Å². The average Bonchev–Trinajstić information content (AvgIpc) is 2.32. The average molecular weight is 295 g/mol. The molecule has 0 aromatic heterocycles. The molecule has 2 N–H and O–H groups in total. The third kappa shape index (κ3) is 3.15. The molecule has 0 bridgehead atoms. The maximum Gasteiger partial charge on any atom is 0.238 e. The fourth-order valence-corrected chi connectivity index (χ4v) is 2.54. The van der Waals surface area contributed by atoms with Gasteiger partial charge in [-0.2, -0.15) is 0 Å². The zero-order chi connectivity index (χ0) is 14.9. The Balaban J connectivity index is 2.31. The van der Waals surface area contributed by atoms with Gasteiger partial charge in [0.05, 0.1) is 4.90 Å². The van der Waals surface area contributed by atoms with Gasteiger partial charge in [0.1, 0.15) is 17.3 Å². The number of sulfonamides is 1. The summed E-state index contributed by atoms with van der Waals surface area (Å²) in [7, 11) is -3.75. The Bertz CT molecular complexity index is 757. The number of halogens is 1. The lowest BCUT2D eigenvalue weighted by molar-refractivity contribution is 0.475. The van der Waals surface area contributed by atoms with E-state index in [0.717, 1.165) is 0 Å². The van der Waals surface area contributed by atoms with Gasteiger partial charge in [-0.1, -0.05) is 6.07 Å². The number of aryl methyl sites for hydroxylation is 2. The molecule has 0 atom stereocenters. The van der Waals surface area contributed by atoms with Crippen LogP contribution >= 0.6 is 0 Å². The summed E-state index contributed by atoms with van der Waals surface area (Å²) in [6, 6.07) is 8.91. The van der Waals surface area contributed by atoms with E-state index in [1.807, 2.05) is 0 Å². The standard InChI is InChI=1S/C14H14FNO3S/c1-9-3-4-12(8-13(9)15)19-11-5-6-14(10(2)7-11)20(16,17)18/h3-8H,1-2H3,(H2,16,17,18). The fourth-order valence-electron chi connectivity index (χ4n) is 1.78. The first-order chi connectivity index (χ1) is 9.27. The highest BCUT2D eigenvalue weighted by atomic mass is 32.2. The Morgan fingerprint density at radius 1 is 1.00 bits per heavy atom. The zero-order valence-corrected chi connectivity index (χ0v) is 11.9. The summed E-state index contributed by atoms with van der Waals surface area (Å²) in [6.45, 7) is 3.27. The highest BCUT2D eigenvalue weighted by Gasteiger charge is 2.12. The molecule has 0 radical (unpaired) electrons. The van der Waals surface area contributed by atoms with Gasteiger partial charge in [-0.25, -0.2) is 17.9 Å². The second-order valence-electron chi connectivity index (χ2n) is 4.49. The lowest BCUT2D eigenvalue weighted by Gasteiger charge is -2.09. The maximum absolute atomic E-state index is 13.4. The predicted molar refractivity (Wildman–Crippen MR) is 73.8 cm³/mol. The van der Waals surface area contributed by atoms with Gasteiger partial charge in [0, 0.05) is 6.07 Å². The molecule has 0 amide bonds. The van der Waals surface area contributed by atoms with E-state index < -0.39 is 10.0 Å². The van der Waals surface area contributed by atoms with E-state index in [4.69, 9.17) is 9.88 Å². The number of hydrogen-bond donors (Lipinski definition) is 1. The van der Waals surface area contributed by atoms with Crippen LogP contribution in [0.1, 0.15) is 11.1 Å². The molecule has 0 unspecified atom stereocenters. The van der Waals surface area contributed by atoms with Crippen molar-refractivity contribution in [1.82, 2.24) is 0 Å². The van der Waals surface area contributed by atoms with Gasteiger partial charge in [0.25, 0.3) is 0 Å². The van der Waals surface area contributed by atoms with Gasteiger partial charge in [-0.3, -0.25) is 0 Å². The number of nitrogens with two attached hydrogens (primary N) is 1. The third-order valence-corrected chi connectivity index (χ3v) is 3.90. The summed E-state index contributed by atoms with van der Waals surface area (Å²) in [5.74, 6) is 0.398. The Kier molecular flexibility index (Phi) is 3.78. The summed E-state index contributed by atoms with van der Waals surface area (Å²) >= 11 is 0. The van der Waals surface area contributed by atoms with Crippen LogP contribution in [0.4, 0.5) is 4.39 Å². The van der Waals surface area contributed by atoms with E-state index in [9.17, 15) is 12.8 Å². The molecule has 0 heterocycles. The van der Waals surface area contributed by atoms with Crippen molar-refractivity contribution in [3.63, 3.8) is 0 Å². The van der Waals surface area contributed by atoms with Crippen LogP contribution < -0.4 is 9.88 Å². The lowest BCUT2D eigenvalue weighted by Crippen LogP contribution is -2.13. The Morgan fingerprint density at radius 2 is 1.60 bits per heavy atom. The first-order valence-electron chi connectivity index (χ1n) is 5.85. The SMILES string of the molecule is Cc1ccc(Oc2ccc(S(N)(=O)=O)c(C)c2)cc1F. The molecular formula is C14H14FNO3S. The van der Waals surface area contributed by atoms with Crippen LogP contribution in [0.5, 0.6) is 11.5 Å². The molecule has 0 fully saturated rings. The van der Waals surface area contributed by atoms with Gasteiger partial charge >= 0.3 is 0 Å². The minimum atomic E-state index is -3.75. The third-order valence-electron chi connectivity index (χ3n) is 2.83. The van der Waals surface area contributed by atoms with Crippen LogP contribution in [-0.2, 0) is 10.0 Å². The van der Waals surface area contributed by atoms with Crippen molar-refractivity contribution in [2.45, 2.75) is 18.7 Å². The Hall–Kier alpha value is -1.92. The molecule has 106 valence electrons. The first kappa shape index (κ1) is 14.5.